The van der Waals surface area contributed by atoms with Crippen LogP contribution in [0.1, 0.15) is 35.7 Å². The molecule has 0 aliphatic carbocycles. The van der Waals surface area contributed by atoms with Crippen molar-refractivity contribution < 1.29 is 9.32 Å². The van der Waals surface area contributed by atoms with E-state index in [1.165, 1.54) is 0 Å². The Morgan fingerprint density at radius 3 is 2.80 bits per heavy atom. The second-order valence-corrected chi connectivity index (χ2v) is 3.55. The first-order valence-electron chi connectivity index (χ1n) is 4.94. The van der Waals surface area contributed by atoms with E-state index >= 15 is 0 Å². The average Bonchev–Trinajstić information content (AvgIpc) is 2.56. The first kappa shape index (κ1) is 11.5. The molecule has 1 rings (SSSR count). The molecule has 0 spiro atoms. The highest BCUT2D eigenvalue weighted by molar-refractivity contribution is 5.96. The van der Waals surface area contributed by atoms with Gasteiger partial charge in [-0.3, -0.25) is 4.79 Å². The van der Waals surface area contributed by atoms with E-state index in [-0.39, 0.29) is 5.91 Å². The lowest BCUT2D eigenvalue weighted by atomic mass is 10.1. The molecule has 0 saturated heterocycles. The Balaban J connectivity index is 2.80. The van der Waals surface area contributed by atoms with Crippen molar-refractivity contribution in [3.05, 3.63) is 29.2 Å². The maximum absolute atomic E-state index is 11.8. The topological polar surface area (TPSA) is 55.1 Å². The fourth-order valence-corrected chi connectivity index (χ4v) is 1.27. The van der Waals surface area contributed by atoms with Crippen LogP contribution in [-0.4, -0.2) is 17.6 Å². The van der Waals surface area contributed by atoms with Crippen molar-refractivity contribution in [3.63, 3.8) is 0 Å². The third-order valence-corrected chi connectivity index (χ3v) is 2.05. The smallest absolute Gasteiger partial charge is 0.257 e. The SMILES string of the molecule is C=C(C)CNC(=O)c1c(CC)noc1C. The lowest BCUT2D eigenvalue weighted by molar-refractivity contribution is 0.0954. The molecule has 1 N–H and O–H groups in total. The zero-order valence-electron chi connectivity index (χ0n) is 9.39. The largest absolute Gasteiger partial charge is 0.361 e. The molecule has 4 heteroatoms. The van der Waals surface area contributed by atoms with Gasteiger partial charge in [0.05, 0.1) is 5.69 Å². The molecule has 0 fully saturated rings. The summed E-state index contributed by atoms with van der Waals surface area (Å²) in [5.74, 6) is 0.416. The third kappa shape index (κ3) is 2.68. The summed E-state index contributed by atoms with van der Waals surface area (Å²) in [4.78, 5) is 11.8. The van der Waals surface area contributed by atoms with Gasteiger partial charge >= 0.3 is 0 Å². The van der Waals surface area contributed by atoms with Gasteiger partial charge in [0, 0.05) is 6.54 Å². The summed E-state index contributed by atoms with van der Waals surface area (Å²) in [5.41, 5.74) is 2.17. The van der Waals surface area contributed by atoms with Gasteiger partial charge in [-0.1, -0.05) is 24.2 Å². The van der Waals surface area contributed by atoms with Crippen molar-refractivity contribution in [3.8, 4) is 0 Å². The Morgan fingerprint density at radius 1 is 1.60 bits per heavy atom. The molecule has 0 atom stereocenters. The van der Waals surface area contributed by atoms with Gasteiger partial charge in [0.1, 0.15) is 11.3 Å². The van der Waals surface area contributed by atoms with E-state index in [0.717, 1.165) is 5.57 Å². The summed E-state index contributed by atoms with van der Waals surface area (Å²) >= 11 is 0. The van der Waals surface area contributed by atoms with E-state index in [4.69, 9.17) is 4.52 Å². The first-order valence-corrected chi connectivity index (χ1v) is 4.94. The van der Waals surface area contributed by atoms with Gasteiger partial charge in [0.25, 0.3) is 5.91 Å². The zero-order chi connectivity index (χ0) is 11.4. The minimum absolute atomic E-state index is 0.145. The van der Waals surface area contributed by atoms with Crippen LogP contribution in [0.25, 0.3) is 0 Å². The van der Waals surface area contributed by atoms with Crippen molar-refractivity contribution in [1.29, 1.82) is 0 Å². The monoisotopic (exact) mass is 208 g/mol. The highest BCUT2D eigenvalue weighted by Crippen LogP contribution is 2.13. The summed E-state index contributed by atoms with van der Waals surface area (Å²) in [6.07, 6.45) is 0.688. The maximum atomic E-state index is 11.8. The number of carbonyl (C=O) groups excluding carboxylic acids is 1. The van der Waals surface area contributed by atoms with Crippen LogP contribution in [0, 0.1) is 6.92 Å². The fraction of sp³-hybridized carbons (Fsp3) is 0.455. The molecule has 15 heavy (non-hydrogen) atoms. The van der Waals surface area contributed by atoms with E-state index in [0.29, 0.717) is 30.0 Å². The van der Waals surface area contributed by atoms with Crippen LogP contribution in [0.15, 0.2) is 16.7 Å². The molecule has 1 amide bonds. The molecule has 1 aromatic rings. The van der Waals surface area contributed by atoms with Gasteiger partial charge in [-0.05, 0) is 20.3 Å². The lowest BCUT2D eigenvalue weighted by Gasteiger charge is -2.03. The van der Waals surface area contributed by atoms with E-state index in [1.54, 1.807) is 6.92 Å². The predicted molar refractivity (Wildman–Crippen MR) is 57.8 cm³/mol. The molecule has 82 valence electrons. The Morgan fingerprint density at radius 2 is 2.27 bits per heavy atom. The van der Waals surface area contributed by atoms with Crippen molar-refractivity contribution >= 4 is 5.91 Å². The summed E-state index contributed by atoms with van der Waals surface area (Å²) < 4.78 is 4.98. The molecule has 0 radical (unpaired) electrons. The van der Waals surface area contributed by atoms with Crippen molar-refractivity contribution in [1.82, 2.24) is 10.5 Å². The summed E-state index contributed by atoms with van der Waals surface area (Å²) in [7, 11) is 0. The number of carbonyl (C=O) groups is 1. The highest BCUT2D eigenvalue weighted by atomic mass is 16.5. The quantitative estimate of drug-likeness (QED) is 0.768. The molecule has 1 aromatic heterocycles. The molecule has 0 bridgehead atoms. The van der Waals surface area contributed by atoms with E-state index < -0.39 is 0 Å². The van der Waals surface area contributed by atoms with Crippen LogP contribution in [0.5, 0.6) is 0 Å². The van der Waals surface area contributed by atoms with Gasteiger partial charge < -0.3 is 9.84 Å². The number of hydrogen-bond donors (Lipinski definition) is 1. The van der Waals surface area contributed by atoms with Crippen LogP contribution < -0.4 is 5.32 Å². The minimum atomic E-state index is -0.145. The number of amides is 1. The molecule has 0 unspecified atom stereocenters. The number of aryl methyl sites for hydroxylation is 2. The molecule has 0 aromatic carbocycles. The Hall–Kier alpha value is -1.58. The summed E-state index contributed by atoms with van der Waals surface area (Å²) in [6.45, 7) is 9.74. The molecular formula is C11H16N2O2. The number of rotatable bonds is 4. The van der Waals surface area contributed by atoms with Gasteiger partial charge in [0.2, 0.25) is 0 Å². The second-order valence-electron chi connectivity index (χ2n) is 3.55. The van der Waals surface area contributed by atoms with Gasteiger partial charge in [-0.15, -0.1) is 0 Å². The van der Waals surface area contributed by atoms with E-state index in [2.05, 4.69) is 17.1 Å². The van der Waals surface area contributed by atoms with Crippen LogP contribution >= 0.6 is 0 Å². The molecule has 0 aliphatic heterocycles. The molecule has 0 saturated carbocycles. The Labute approximate surface area is 89.3 Å². The van der Waals surface area contributed by atoms with Gasteiger partial charge in [0.15, 0.2) is 0 Å². The van der Waals surface area contributed by atoms with E-state index in [1.807, 2.05) is 13.8 Å². The van der Waals surface area contributed by atoms with Crippen LogP contribution in [0.2, 0.25) is 0 Å². The normalized spacial score (nSPS) is 10.1. The highest BCUT2D eigenvalue weighted by Gasteiger charge is 2.18. The minimum Gasteiger partial charge on any atom is -0.361 e. The van der Waals surface area contributed by atoms with E-state index in [9.17, 15) is 4.79 Å². The molecule has 4 nitrogen and oxygen atoms in total. The Kier molecular flexibility index (Phi) is 3.66. The van der Waals surface area contributed by atoms with Gasteiger partial charge in [-0.2, -0.15) is 0 Å². The number of aromatic nitrogens is 1. The van der Waals surface area contributed by atoms with Gasteiger partial charge in [-0.25, -0.2) is 0 Å². The summed E-state index contributed by atoms with van der Waals surface area (Å²) in [5, 5.41) is 6.59. The molecule has 0 aliphatic rings. The fourth-order valence-electron chi connectivity index (χ4n) is 1.27. The standard InChI is InChI=1S/C11H16N2O2/c1-5-9-10(8(4)15-13-9)11(14)12-6-7(2)3/h2,5-6H2,1,3-4H3,(H,12,14). The predicted octanol–water partition coefficient (Wildman–Crippen LogP) is 1.85. The zero-order valence-corrected chi connectivity index (χ0v) is 9.39. The van der Waals surface area contributed by atoms with Crippen molar-refractivity contribution in [2.24, 2.45) is 0 Å². The number of nitrogens with one attached hydrogen (secondary N) is 1. The maximum Gasteiger partial charge on any atom is 0.257 e. The van der Waals surface area contributed by atoms with Crippen molar-refractivity contribution in [2.75, 3.05) is 6.54 Å². The molecular weight excluding hydrogens is 192 g/mol. The molecule has 1 heterocycles. The third-order valence-electron chi connectivity index (χ3n) is 2.05. The Bertz CT molecular complexity index is 380. The number of hydrogen-bond acceptors (Lipinski definition) is 3. The van der Waals surface area contributed by atoms with Crippen LogP contribution in [-0.2, 0) is 6.42 Å². The number of nitrogens with zero attached hydrogens (tertiary/aromatic N) is 1. The lowest BCUT2D eigenvalue weighted by Crippen LogP contribution is -2.26. The van der Waals surface area contributed by atoms with Crippen molar-refractivity contribution in [2.45, 2.75) is 27.2 Å². The average molecular weight is 208 g/mol. The summed E-state index contributed by atoms with van der Waals surface area (Å²) in [6, 6.07) is 0. The van der Waals surface area contributed by atoms with Crippen LogP contribution in [0.3, 0.4) is 0 Å². The van der Waals surface area contributed by atoms with Crippen LogP contribution in [0.4, 0.5) is 0 Å². The second kappa shape index (κ2) is 4.77. The first-order chi connectivity index (χ1) is 7.06.